The van der Waals surface area contributed by atoms with E-state index in [2.05, 4.69) is 15.0 Å². The molecule has 1 saturated heterocycles. The molecule has 1 aliphatic heterocycles. The topological polar surface area (TPSA) is 97.3 Å². The number of ether oxygens (including phenoxy) is 2. The molecule has 208 valence electrons. The fraction of sp³-hybridized carbons (Fsp3) is 0.214. The van der Waals surface area contributed by atoms with E-state index in [1.165, 1.54) is 41.3 Å². The second-order valence-corrected chi connectivity index (χ2v) is 10.1. The molecule has 0 aliphatic carbocycles. The van der Waals surface area contributed by atoms with Crippen LogP contribution in [-0.4, -0.2) is 45.3 Å². The van der Waals surface area contributed by atoms with E-state index in [1.54, 1.807) is 19.1 Å². The first kappa shape index (κ1) is 29.0. The lowest BCUT2D eigenvalue weighted by molar-refractivity contribution is -0.129. The van der Waals surface area contributed by atoms with Gasteiger partial charge in [-0.3, -0.25) is 14.5 Å². The van der Waals surface area contributed by atoms with Crippen molar-refractivity contribution in [3.8, 4) is 5.75 Å². The van der Waals surface area contributed by atoms with Crippen LogP contribution in [0.25, 0.3) is 0 Å². The first-order valence-electron chi connectivity index (χ1n) is 12.1. The Morgan fingerprint density at radius 1 is 1.07 bits per heavy atom. The highest BCUT2D eigenvalue weighted by Gasteiger charge is 2.36. The number of anilines is 1. The lowest BCUT2D eigenvalue weighted by Crippen LogP contribution is -2.44. The van der Waals surface area contributed by atoms with Gasteiger partial charge in [0.15, 0.2) is 5.17 Å². The van der Waals surface area contributed by atoms with Crippen molar-refractivity contribution in [1.29, 1.82) is 0 Å². The first-order chi connectivity index (χ1) is 19.1. The SMILES string of the molecule is CCOC(=O)c1ccc(NC(=O)[C@@H]2CC(=O)N(Cc3ccccc3)C(=Nc3ccc(OC(F)(F)Cl)cc3)S2)cc1. The largest absolute Gasteiger partial charge is 0.487 e. The lowest BCUT2D eigenvalue weighted by atomic mass is 10.2. The van der Waals surface area contributed by atoms with Gasteiger partial charge < -0.3 is 14.8 Å². The predicted octanol–water partition coefficient (Wildman–Crippen LogP) is 6.19. The highest BCUT2D eigenvalue weighted by molar-refractivity contribution is 8.15. The predicted molar refractivity (Wildman–Crippen MR) is 149 cm³/mol. The molecule has 40 heavy (non-hydrogen) atoms. The second kappa shape index (κ2) is 12.9. The van der Waals surface area contributed by atoms with Crippen molar-refractivity contribution in [2.45, 2.75) is 30.7 Å². The van der Waals surface area contributed by atoms with E-state index < -0.39 is 22.7 Å². The van der Waals surface area contributed by atoms with Crippen LogP contribution in [0.5, 0.6) is 5.75 Å². The Morgan fingerprint density at radius 2 is 1.75 bits per heavy atom. The molecule has 1 fully saturated rings. The van der Waals surface area contributed by atoms with Crippen LogP contribution in [0.1, 0.15) is 29.3 Å². The maximum absolute atomic E-state index is 13.2. The highest BCUT2D eigenvalue weighted by Crippen LogP contribution is 2.32. The van der Waals surface area contributed by atoms with E-state index >= 15 is 0 Å². The van der Waals surface area contributed by atoms with Crippen molar-refractivity contribution in [3.63, 3.8) is 0 Å². The molecule has 0 bridgehead atoms. The number of amides is 2. The molecule has 0 aromatic heterocycles. The van der Waals surface area contributed by atoms with Crippen molar-refractivity contribution in [1.82, 2.24) is 4.90 Å². The highest BCUT2D eigenvalue weighted by atomic mass is 35.5. The van der Waals surface area contributed by atoms with Gasteiger partial charge >= 0.3 is 11.5 Å². The van der Waals surface area contributed by atoms with Crippen LogP contribution in [0.3, 0.4) is 0 Å². The smallest absolute Gasteiger partial charge is 0.462 e. The molecule has 1 heterocycles. The number of amidine groups is 1. The van der Waals surface area contributed by atoms with Crippen LogP contribution in [0.4, 0.5) is 20.2 Å². The summed E-state index contributed by atoms with van der Waals surface area (Å²) in [6, 6.07) is 20.9. The molecule has 12 heteroatoms. The number of aliphatic imine (C=N–C) groups is 1. The van der Waals surface area contributed by atoms with Crippen LogP contribution >= 0.6 is 23.4 Å². The average molecular weight is 588 g/mol. The zero-order valence-electron chi connectivity index (χ0n) is 21.2. The van der Waals surface area contributed by atoms with E-state index in [4.69, 9.17) is 16.3 Å². The van der Waals surface area contributed by atoms with E-state index in [0.29, 0.717) is 16.9 Å². The molecule has 1 N–H and O–H groups in total. The van der Waals surface area contributed by atoms with Crippen LogP contribution in [0.2, 0.25) is 0 Å². The molecule has 2 amide bonds. The normalized spacial score (nSPS) is 16.5. The number of rotatable bonds is 9. The Hall–Kier alpha value is -3.96. The zero-order valence-corrected chi connectivity index (χ0v) is 22.8. The minimum Gasteiger partial charge on any atom is -0.462 e. The standard InChI is InChI=1S/C28H24ClF2N3O5S/c1-2-38-26(37)19-8-10-20(11-9-19)32-25(36)23-16-24(35)34(17-18-6-4-3-5-7-18)27(40-23)33-21-12-14-22(15-13-21)39-28(29,30)31/h3-15,23H,2,16-17H2,1H3,(H,32,36)/t23-/m0/s1. The van der Waals surface area contributed by atoms with Gasteiger partial charge in [0, 0.05) is 23.7 Å². The quantitative estimate of drug-likeness (QED) is 0.237. The second-order valence-electron chi connectivity index (χ2n) is 8.50. The Balaban J connectivity index is 1.54. The zero-order chi connectivity index (χ0) is 28.7. The monoisotopic (exact) mass is 587 g/mol. The van der Waals surface area contributed by atoms with Gasteiger partial charge in [0.1, 0.15) is 11.0 Å². The number of hydrogen-bond acceptors (Lipinski definition) is 7. The van der Waals surface area contributed by atoms with Crippen molar-refractivity contribution >= 4 is 57.7 Å². The molecule has 3 aromatic rings. The maximum atomic E-state index is 13.2. The lowest BCUT2D eigenvalue weighted by Gasteiger charge is -2.32. The van der Waals surface area contributed by atoms with Crippen molar-refractivity contribution in [3.05, 3.63) is 90.0 Å². The summed E-state index contributed by atoms with van der Waals surface area (Å²) in [5.74, 6) is -1.35. The average Bonchev–Trinajstić information content (AvgIpc) is 2.92. The number of halogens is 3. The van der Waals surface area contributed by atoms with Gasteiger partial charge in [-0.1, -0.05) is 42.1 Å². The number of alkyl halides is 3. The number of nitrogens with zero attached hydrogens (tertiary/aromatic N) is 2. The summed E-state index contributed by atoms with van der Waals surface area (Å²) < 4.78 is 35.2. The number of carbonyl (C=O) groups is 3. The van der Waals surface area contributed by atoms with Crippen molar-refractivity contribution < 1.29 is 32.6 Å². The van der Waals surface area contributed by atoms with Gasteiger partial charge in [0.25, 0.3) is 0 Å². The summed E-state index contributed by atoms with van der Waals surface area (Å²) in [6.45, 7) is 2.19. The fourth-order valence-corrected chi connectivity index (χ4v) is 4.91. The van der Waals surface area contributed by atoms with E-state index in [-0.39, 0.29) is 36.4 Å². The summed E-state index contributed by atoms with van der Waals surface area (Å²) >= 11 is 5.93. The summed E-state index contributed by atoms with van der Waals surface area (Å²) in [5.41, 5.74) is -1.84. The third-order valence-corrected chi connectivity index (χ3v) is 6.84. The minimum absolute atomic E-state index is 0.0686. The third-order valence-electron chi connectivity index (χ3n) is 5.57. The number of esters is 1. The summed E-state index contributed by atoms with van der Waals surface area (Å²) in [4.78, 5) is 44.3. The molecule has 0 radical (unpaired) electrons. The van der Waals surface area contributed by atoms with Crippen LogP contribution in [-0.2, 0) is 20.9 Å². The molecular weight excluding hydrogens is 564 g/mol. The Labute approximate surface area is 238 Å². The molecule has 8 nitrogen and oxygen atoms in total. The van der Waals surface area contributed by atoms with Crippen molar-refractivity contribution in [2.24, 2.45) is 4.99 Å². The summed E-state index contributed by atoms with van der Waals surface area (Å²) in [6.07, 6.45) is -0.0686. The van der Waals surface area contributed by atoms with E-state index in [9.17, 15) is 23.2 Å². The molecule has 1 aliphatic rings. The van der Waals surface area contributed by atoms with Gasteiger partial charge in [-0.05, 0) is 61.0 Å². The molecule has 3 aromatic carbocycles. The third kappa shape index (κ3) is 8.03. The Morgan fingerprint density at radius 3 is 2.38 bits per heavy atom. The summed E-state index contributed by atoms with van der Waals surface area (Å²) in [5, 5.41) is 2.25. The maximum Gasteiger partial charge on any atom is 0.487 e. The molecule has 0 spiro atoms. The molecule has 4 rings (SSSR count). The number of carbonyl (C=O) groups excluding carboxylic acids is 3. The minimum atomic E-state index is -3.86. The van der Waals surface area contributed by atoms with Crippen molar-refractivity contribution in [2.75, 3.05) is 11.9 Å². The summed E-state index contributed by atoms with van der Waals surface area (Å²) in [7, 11) is 0. The first-order valence-corrected chi connectivity index (χ1v) is 13.4. The van der Waals surface area contributed by atoms with Gasteiger partial charge in [0.2, 0.25) is 11.8 Å². The van der Waals surface area contributed by atoms with E-state index in [0.717, 1.165) is 17.3 Å². The molecular formula is C28H24ClF2N3O5S. The van der Waals surface area contributed by atoms with Gasteiger partial charge in [0.05, 0.1) is 24.4 Å². The molecule has 1 atom stereocenters. The van der Waals surface area contributed by atoms with Gasteiger partial charge in [-0.2, -0.15) is 0 Å². The van der Waals surface area contributed by atoms with Crippen LogP contribution in [0, 0.1) is 0 Å². The fourth-order valence-electron chi connectivity index (χ4n) is 3.72. The van der Waals surface area contributed by atoms with Gasteiger partial charge in [-0.15, -0.1) is 8.78 Å². The Bertz CT molecular complexity index is 1380. The number of hydrogen-bond donors (Lipinski definition) is 1. The Kier molecular flexibility index (Phi) is 9.38. The number of nitrogens with one attached hydrogen (secondary N) is 1. The molecule has 0 saturated carbocycles. The number of thioether (sulfide) groups is 1. The van der Waals surface area contributed by atoms with Crippen LogP contribution in [0.15, 0.2) is 83.9 Å². The number of benzene rings is 3. The van der Waals surface area contributed by atoms with Gasteiger partial charge in [-0.25, -0.2) is 9.79 Å². The molecule has 0 unspecified atom stereocenters. The van der Waals surface area contributed by atoms with Crippen LogP contribution < -0.4 is 10.1 Å². The van der Waals surface area contributed by atoms with E-state index in [1.807, 2.05) is 30.3 Å².